The lowest BCUT2D eigenvalue weighted by Gasteiger charge is -2.14. The maximum absolute atomic E-state index is 11.9. The number of ether oxygens (including phenoxy) is 1. The van der Waals surface area contributed by atoms with E-state index in [0.717, 1.165) is 0 Å². The molecule has 156 valence electrons. The van der Waals surface area contributed by atoms with Crippen LogP contribution in [-0.4, -0.2) is 68.8 Å². The number of rotatable bonds is 11. The highest BCUT2D eigenvalue weighted by molar-refractivity contribution is 5.86. The number of nitrogens with two attached hydrogens (primary N) is 1. The van der Waals surface area contributed by atoms with E-state index in [2.05, 4.69) is 15.3 Å². The van der Waals surface area contributed by atoms with Gasteiger partial charge in [0.15, 0.2) is 5.82 Å². The van der Waals surface area contributed by atoms with Crippen LogP contribution in [0.15, 0.2) is 4.79 Å². The van der Waals surface area contributed by atoms with Crippen molar-refractivity contribution in [2.24, 2.45) is 5.73 Å². The molecule has 11 nitrogen and oxygen atoms in total. The molecule has 0 saturated carbocycles. The summed E-state index contributed by atoms with van der Waals surface area (Å²) in [5.74, 6) is -0.794. The Morgan fingerprint density at radius 1 is 1.25 bits per heavy atom. The fraction of sp³-hybridized carbons (Fsp3) is 0.647. The van der Waals surface area contributed by atoms with Gasteiger partial charge in [0.2, 0.25) is 5.88 Å². The second-order valence-electron chi connectivity index (χ2n) is 6.59. The zero-order valence-electron chi connectivity index (χ0n) is 15.4. The Bertz CT molecular complexity index is 752. The normalized spacial score (nSPS) is 21.6. The molecule has 1 aromatic rings. The van der Waals surface area contributed by atoms with Gasteiger partial charge in [0, 0.05) is 38.6 Å². The molecule has 0 amide bonds. The third kappa shape index (κ3) is 5.83. The van der Waals surface area contributed by atoms with Crippen molar-refractivity contribution in [3.8, 4) is 5.88 Å². The highest BCUT2D eigenvalue weighted by atomic mass is 16.5. The lowest BCUT2D eigenvalue weighted by atomic mass is 10.1. The summed E-state index contributed by atoms with van der Waals surface area (Å²) in [6.45, 7) is -0.00654. The van der Waals surface area contributed by atoms with Gasteiger partial charge in [-0.15, -0.1) is 0 Å². The predicted molar refractivity (Wildman–Crippen MR) is 97.9 cm³/mol. The number of aromatic nitrogens is 2. The van der Waals surface area contributed by atoms with Gasteiger partial charge < -0.3 is 31.1 Å². The topological polar surface area (TPSA) is 188 Å². The minimum Gasteiger partial charge on any atom is -0.493 e. The molecule has 0 bridgehead atoms. The van der Waals surface area contributed by atoms with E-state index in [1.807, 2.05) is 0 Å². The van der Waals surface area contributed by atoms with Crippen LogP contribution in [0.25, 0.3) is 0 Å². The Balaban J connectivity index is 1.93. The van der Waals surface area contributed by atoms with Crippen molar-refractivity contribution in [2.45, 2.75) is 50.4 Å². The van der Waals surface area contributed by atoms with Crippen LogP contribution in [0.1, 0.15) is 43.9 Å². The van der Waals surface area contributed by atoms with Gasteiger partial charge in [0.1, 0.15) is 29.5 Å². The summed E-state index contributed by atoms with van der Waals surface area (Å²) < 4.78 is 5.43. The molecule has 1 fully saturated rings. The smallest absolute Gasteiger partial charge is 0.293 e. The molecule has 1 aromatic heterocycles. The highest BCUT2D eigenvalue weighted by Crippen LogP contribution is 2.35. The number of ketones is 2. The Morgan fingerprint density at radius 3 is 2.54 bits per heavy atom. The number of aromatic hydroxyl groups is 1. The number of nitrogens with zero attached hydrogens (tertiary/aromatic N) is 1. The first-order valence-corrected chi connectivity index (χ1v) is 9.10. The Morgan fingerprint density at radius 2 is 1.93 bits per heavy atom. The molecule has 28 heavy (non-hydrogen) atoms. The van der Waals surface area contributed by atoms with Crippen molar-refractivity contribution in [1.82, 2.24) is 9.97 Å². The summed E-state index contributed by atoms with van der Waals surface area (Å²) >= 11 is 0. The maximum atomic E-state index is 11.9. The number of nitrogens with one attached hydrogen (secondary N) is 2. The summed E-state index contributed by atoms with van der Waals surface area (Å²) in [5, 5.41) is 31.6. The third-order valence-corrected chi connectivity index (χ3v) is 4.43. The molecule has 2 heterocycles. The van der Waals surface area contributed by atoms with Gasteiger partial charge in [0.25, 0.3) is 5.56 Å². The molecule has 1 unspecified atom stereocenters. The number of carbonyl (C=O) groups excluding carboxylic acids is 2. The maximum Gasteiger partial charge on any atom is 0.293 e. The van der Waals surface area contributed by atoms with Crippen molar-refractivity contribution in [2.75, 3.05) is 25.0 Å². The lowest BCUT2D eigenvalue weighted by Crippen LogP contribution is -2.24. The summed E-state index contributed by atoms with van der Waals surface area (Å²) in [5.41, 5.74) is 4.62. The molecule has 0 aliphatic carbocycles. The number of hydrogen-bond acceptors (Lipinski definition) is 10. The van der Waals surface area contributed by atoms with Crippen LogP contribution in [0.5, 0.6) is 5.88 Å². The van der Waals surface area contributed by atoms with Crippen LogP contribution in [0.4, 0.5) is 5.82 Å². The molecule has 3 atom stereocenters. The number of aliphatic hydroxyl groups excluding tert-OH is 2. The van der Waals surface area contributed by atoms with E-state index in [0.29, 0.717) is 0 Å². The number of aromatic amines is 1. The number of carbonyl (C=O) groups is 2. The average Bonchev–Trinajstić information content (AvgIpc) is 3.02. The van der Waals surface area contributed by atoms with Crippen LogP contribution in [0.3, 0.4) is 0 Å². The monoisotopic (exact) mass is 398 g/mol. The van der Waals surface area contributed by atoms with Crippen molar-refractivity contribution >= 4 is 17.4 Å². The first kappa shape index (κ1) is 22.0. The average molecular weight is 398 g/mol. The predicted octanol–water partition coefficient (Wildman–Crippen LogP) is -1.27. The molecule has 2 rings (SSSR count). The van der Waals surface area contributed by atoms with Gasteiger partial charge in [-0.2, -0.15) is 0 Å². The van der Waals surface area contributed by atoms with E-state index < -0.39 is 29.8 Å². The molecule has 1 aliphatic rings. The van der Waals surface area contributed by atoms with Crippen molar-refractivity contribution in [3.63, 3.8) is 0 Å². The van der Waals surface area contributed by atoms with Crippen molar-refractivity contribution in [3.05, 3.63) is 16.0 Å². The minimum absolute atomic E-state index is 0.0239. The zero-order valence-corrected chi connectivity index (χ0v) is 15.4. The SMILES string of the molecule is NCCC(=O)CCC(=O)CCNc1nc([C@H]2CC(O)[C@@H](CO)O2)c(O)[nH]c1=O. The number of Topliss-reactive ketones (excluding diaryl/α,β-unsaturated/α-hetero) is 2. The van der Waals surface area contributed by atoms with E-state index in [-0.39, 0.29) is 74.9 Å². The van der Waals surface area contributed by atoms with Crippen LogP contribution in [0.2, 0.25) is 0 Å². The molecule has 0 spiro atoms. The molecule has 1 aliphatic heterocycles. The Hall–Kier alpha value is -2.34. The van der Waals surface area contributed by atoms with E-state index >= 15 is 0 Å². The van der Waals surface area contributed by atoms with E-state index in [4.69, 9.17) is 15.6 Å². The molecule has 0 radical (unpaired) electrons. The second-order valence-corrected chi connectivity index (χ2v) is 6.59. The molecule has 1 saturated heterocycles. The fourth-order valence-corrected chi connectivity index (χ4v) is 2.88. The first-order valence-electron chi connectivity index (χ1n) is 9.10. The van der Waals surface area contributed by atoms with Gasteiger partial charge in [-0.3, -0.25) is 19.4 Å². The fourth-order valence-electron chi connectivity index (χ4n) is 2.88. The van der Waals surface area contributed by atoms with E-state index in [1.165, 1.54) is 0 Å². The first-order chi connectivity index (χ1) is 13.3. The summed E-state index contributed by atoms with van der Waals surface area (Å²) in [6.07, 6.45) is -1.80. The van der Waals surface area contributed by atoms with Gasteiger partial charge in [0.05, 0.1) is 12.7 Å². The van der Waals surface area contributed by atoms with Crippen LogP contribution in [0, 0.1) is 0 Å². The Kier molecular flexibility index (Phi) is 8.05. The number of H-pyrrole nitrogens is 1. The van der Waals surface area contributed by atoms with Gasteiger partial charge in [-0.25, -0.2) is 4.98 Å². The lowest BCUT2D eigenvalue weighted by molar-refractivity contribution is -0.124. The van der Waals surface area contributed by atoms with Crippen LogP contribution in [-0.2, 0) is 14.3 Å². The summed E-state index contributed by atoms with van der Waals surface area (Å²) in [6, 6.07) is 0. The van der Waals surface area contributed by atoms with E-state index in [9.17, 15) is 24.6 Å². The largest absolute Gasteiger partial charge is 0.493 e. The molecular weight excluding hydrogens is 372 g/mol. The quantitative estimate of drug-likeness (QED) is 0.262. The number of aliphatic hydroxyl groups is 2. The van der Waals surface area contributed by atoms with E-state index in [1.54, 1.807) is 0 Å². The molecule has 11 heteroatoms. The van der Waals surface area contributed by atoms with Crippen molar-refractivity contribution < 1.29 is 29.6 Å². The third-order valence-electron chi connectivity index (χ3n) is 4.43. The molecular formula is C17H26N4O7. The van der Waals surface area contributed by atoms with Gasteiger partial charge in [-0.1, -0.05) is 0 Å². The molecule has 0 aromatic carbocycles. The van der Waals surface area contributed by atoms with Crippen LogP contribution < -0.4 is 16.6 Å². The Labute approximate surface area is 160 Å². The number of hydrogen-bond donors (Lipinski definition) is 6. The summed E-state index contributed by atoms with van der Waals surface area (Å²) in [4.78, 5) is 41.4. The van der Waals surface area contributed by atoms with Gasteiger partial charge >= 0.3 is 0 Å². The van der Waals surface area contributed by atoms with Crippen LogP contribution >= 0.6 is 0 Å². The summed E-state index contributed by atoms with van der Waals surface area (Å²) in [7, 11) is 0. The van der Waals surface area contributed by atoms with Crippen molar-refractivity contribution in [1.29, 1.82) is 0 Å². The number of anilines is 1. The zero-order chi connectivity index (χ0) is 20.7. The standard InChI is InChI=1S/C17H26N4O7/c18-5-3-9(23)1-2-10(24)4-6-19-15-17(27)21-16(26)14(20-15)12-7-11(25)13(8-22)28-12/h11-13,22,25H,1-8,18H2,(H,19,20)(H2,21,26,27)/t11?,12-,13-/m1/s1. The minimum atomic E-state index is -0.917. The van der Waals surface area contributed by atoms with Gasteiger partial charge in [-0.05, 0) is 6.54 Å². The highest BCUT2D eigenvalue weighted by Gasteiger charge is 2.37. The molecule has 7 N–H and O–H groups in total. The second kappa shape index (κ2) is 10.3.